The third-order valence-electron chi connectivity index (χ3n) is 4.12. The Morgan fingerprint density at radius 2 is 2.08 bits per heavy atom. The number of likely N-dealkylation sites (N-methyl/N-ethyl adjacent to an activating group) is 1. The van der Waals surface area contributed by atoms with Crippen LogP contribution in [0.15, 0.2) is 4.99 Å². The van der Waals surface area contributed by atoms with Gasteiger partial charge in [-0.2, -0.15) is 0 Å². The van der Waals surface area contributed by atoms with Crippen molar-refractivity contribution < 1.29 is 9.53 Å². The van der Waals surface area contributed by atoms with E-state index in [1.54, 1.807) is 12.0 Å². The van der Waals surface area contributed by atoms with Crippen LogP contribution in [-0.2, 0) is 9.53 Å². The zero-order chi connectivity index (χ0) is 17.8. The monoisotopic (exact) mass is 469 g/mol. The number of aliphatic imine (C=N–C) groups is 1. The third-order valence-corrected chi connectivity index (χ3v) is 4.12. The number of ether oxygens (including phenoxy) is 1. The first kappa shape index (κ1) is 24.4. The van der Waals surface area contributed by atoms with Gasteiger partial charge in [0.15, 0.2) is 5.96 Å². The first-order valence-corrected chi connectivity index (χ1v) is 9.06. The van der Waals surface area contributed by atoms with Crippen molar-refractivity contribution >= 4 is 35.8 Å². The molecular weight excluding hydrogens is 433 g/mol. The molecule has 1 heterocycles. The number of nitrogens with zero attached hydrogens (tertiary/aromatic N) is 3. The molecule has 0 saturated carbocycles. The first-order valence-electron chi connectivity index (χ1n) is 9.06. The maximum atomic E-state index is 12.2. The number of carbonyl (C=O) groups is 1. The summed E-state index contributed by atoms with van der Waals surface area (Å²) in [6, 6.07) is 0.0657. The van der Waals surface area contributed by atoms with E-state index in [-0.39, 0.29) is 35.9 Å². The van der Waals surface area contributed by atoms with E-state index >= 15 is 0 Å². The Morgan fingerprint density at radius 3 is 2.72 bits per heavy atom. The predicted octanol–water partition coefficient (Wildman–Crippen LogP) is 1.14. The summed E-state index contributed by atoms with van der Waals surface area (Å²) in [5, 5.41) is 6.62. The summed E-state index contributed by atoms with van der Waals surface area (Å²) in [6.45, 7) is 7.23. The van der Waals surface area contributed by atoms with E-state index in [4.69, 9.17) is 4.74 Å². The fourth-order valence-electron chi connectivity index (χ4n) is 2.90. The Kier molecular flexibility index (Phi) is 14.2. The number of hydrogen-bond donors (Lipinski definition) is 2. The van der Waals surface area contributed by atoms with Crippen LogP contribution in [0.5, 0.6) is 0 Å². The summed E-state index contributed by atoms with van der Waals surface area (Å²) in [6.07, 6.45) is 4.02. The highest BCUT2D eigenvalue weighted by Gasteiger charge is 2.30. The van der Waals surface area contributed by atoms with E-state index in [0.29, 0.717) is 0 Å². The lowest BCUT2D eigenvalue weighted by Crippen LogP contribution is -2.44. The molecule has 1 aliphatic rings. The van der Waals surface area contributed by atoms with Gasteiger partial charge in [-0.15, -0.1) is 24.0 Å². The zero-order valence-corrected chi connectivity index (χ0v) is 18.5. The molecule has 148 valence electrons. The molecule has 0 aliphatic carbocycles. The van der Waals surface area contributed by atoms with Crippen LogP contribution in [0.4, 0.5) is 0 Å². The Balaban J connectivity index is 0.00000576. The highest BCUT2D eigenvalue weighted by molar-refractivity contribution is 14.0. The summed E-state index contributed by atoms with van der Waals surface area (Å²) < 4.78 is 5.04. The summed E-state index contributed by atoms with van der Waals surface area (Å²) in [4.78, 5) is 20.7. The Bertz CT molecular complexity index is 393. The lowest BCUT2D eigenvalue weighted by molar-refractivity contribution is -0.133. The van der Waals surface area contributed by atoms with E-state index in [1.807, 2.05) is 14.1 Å². The number of rotatable bonds is 10. The van der Waals surface area contributed by atoms with Gasteiger partial charge >= 0.3 is 0 Å². The minimum Gasteiger partial charge on any atom is -0.385 e. The second-order valence-corrected chi connectivity index (χ2v) is 6.31. The Labute approximate surface area is 170 Å². The van der Waals surface area contributed by atoms with Gasteiger partial charge in [0, 0.05) is 54.0 Å². The first-order chi connectivity index (χ1) is 11.6. The largest absolute Gasteiger partial charge is 0.385 e. The van der Waals surface area contributed by atoms with Gasteiger partial charge < -0.3 is 20.3 Å². The minimum absolute atomic E-state index is 0. The average Bonchev–Trinajstić information content (AvgIpc) is 3.02. The fourth-order valence-corrected chi connectivity index (χ4v) is 2.90. The molecule has 1 amide bonds. The number of amides is 1. The van der Waals surface area contributed by atoms with Gasteiger partial charge in [0.25, 0.3) is 0 Å². The zero-order valence-electron chi connectivity index (χ0n) is 16.2. The molecule has 1 rings (SSSR count). The minimum atomic E-state index is 0. The average molecular weight is 469 g/mol. The Hall–Kier alpha value is -0.610. The van der Waals surface area contributed by atoms with Crippen LogP contribution >= 0.6 is 24.0 Å². The van der Waals surface area contributed by atoms with Crippen LogP contribution in [0.3, 0.4) is 0 Å². The molecule has 1 saturated heterocycles. The van der Waals surface area contributed by atoms with Gasteiger partial charge in [0.2, 0.25) is 5.91 Å². The molecule has 0 aromatic rings. The van der Waals surface area contributed by atoms with Crippen molar-refractivity contribution in [1.29, 1.82) is 0 Å². The molecule has 1 atom stereocenters. The quantitative estimate of drug-likeness (QED) is 0.217. The topological polar surface area (TPSA) is 69.2 Å². The van der Waals surface area contributed by atoms with Gasteiger partial charge in [-0.1, -0.05) is 0 Å². The number of methoxy groups -OCH3 is 1. The van der Waals surface area contributed by atoms with Crippen molar-refractivity contribution in [3.8, 4) is 0 Å². The maximum Gasteiger partial charge on any atom is 0.239 e. The van der Waals surface area contributed by atoms with Crippen molar-refractivity contribution in [3.05, 3.63) is 0 Å². The van der Waals surface area contributed by atoms with Crippen LogP contribution in [0, 0.1) is 0 Å². The number of carbonyl (C=O) groups excluding carboxylic acids is 1. The molecule has 1 aliphatic heterocycles. The Morgan fingerprint density at radius 1 is 1.32 bits per heavy atom. The van der Waals surface area contributed by atoms with Gasteiger partial charge in [-0.05, 0) is 39.2 Å². The predicted molar refractivity (Wildman–Crippen MR) is 114 cm³/mol. The van der Waals surface area contributed by atoms with Crippen LogP contribution in [0.25, 0.3) is 0 Å². The smallest absolute Gasteiger partial charge is 0.239 e. The highest BCUT2D eigenvalue weighted by atomic mass is 127. The van der Waals surface area contributed by atoms with Crippen LogP contribution < -0.4 is 10.6 Å². The van der Waals surface area contributed by atoms with Crippen molar-refractivity contribution in [1.82, 2.24) is 20.4 Å². The molecule has 0 spiro atoms. The molecule has 2 N–H and O–H groups in total. The summed E-state index contributed by atoms with van der Waals surface area (Å²) >= 11 is 0. The van der Waals surface area contributed by atoms with Crippen LogP contribution in [0.1, 0.15) is 32.6 Å². The summed E-state index contributed by atoms with van der Waals surface area (Å²) in [5.41, 5.74) is 0. The van der Waals surface area contributed by atoms with E-state index in [1.165, 1.54) is 0 Å². The second kappa shape index (κ2) is 14.5. The summed E-state index contributed by atoms with van der Waals surface area (Å²) in [7, 11) is 5.38. The lowest BCUT2D eigenvalue weighted by atomic mass is 10.2. The van der Waals surface area contributed by atoms with E-state index in [0.717, 1.165) is 71.0 Å². The maximum absolute atomic E-state index is 12.2. The van der Waals surface area contributed by atoms with E-state index in [9.17, 15) is 4.79 Å². The molecule has 0 radical (unpaired) electrons. The molecule has 1 fully saturated rings. The molecule has 0 aromatic heterocycles. The van der Waals surface area contributed by atoms with Crippen molar-refractivity contribution in [2.24, 2.45) is 4.99 Å². The summed E-state index contributed by atoms with van der Waals surface area (Å²) in [5.74, 6) is 1.09. The molecule has 0 bridgehead atoms. The standard InChI is InChI=1S/C17H35N5O2.HI/c1-5-18-17(20-11-8-14-24-4)19-10-7-13-22-12-6-9-15(22)16(23)21(2)3;/h15H,5-14H2,1-4H3,(H2,18,19,20);1H. The number of guanidine groups is 1. The number of likely N-dealkylation sites (tertiary alicyclic amines) is 1. The second-order valence-electron chi connectivity index (χ2n) is 6.31. The van der Waals surface area contributed by atoms with Crippen molar-refractivity contribution in [2.75, 3.05) is 60.5 Å². The number of nitrogens with one attached hydrogen (secondary N) is 2. The van der Waals surface area contributed by atoms with Crippen LogP contribution in [-0.4, -0.2) is 88.2 Å². The third kappa shape index (κ3) is 9.60. The van der Waals surface area contributed by atoms with Gasteiger partial charge in [0.1, 0.15) is 0 Å². The van der Waals surface area contributed by atoms with Gasteiger partial charge in [-0.25, -0.2) is 0 Å². The highest BCUT2D eigenvalue weighted by Crippen LogP contribution is 2.18. The van der Waals surface area contributed by atoms with E-state index < -0.39 is 0 Å². The van der Waals surface area contributed by atoms with Gasteiger partial charge in [0.05, 0.1) is 6.04 Å². The number of halogens is 1. The molecule has 25 heavy (non-hydrogen) atoms. The fraction of sp³-hybridized carbons (Fsp3) is 0.882. The van der Waals surface area contributed by atoms with Crippen molar-refractivity contribution in [2.45, 2.75) is 38.6 Å². The van der Waals surface area contributed by atoms with E-state index in [2.05, 4.69) is 27.4 Å². The molecule has 1 unspecified atom stereocenters. The molecular formula is C17H36IN5O2. The molecule has 7 nitrogen and oxygen atoms in total. The van der Waals surface area contributed by atoms with Gasteiger partial charge in [-0.3, -0.25) is 14.7 Å². The SMILES string of the molecule is CCNC(=NCCCOC)NCCCN1CCCC1C(=O)N(C)C.I. The normalized spacial score (nSPS) is 17.9. The number of hydrogen-bond acceptors (Lipinski definition) is 4. The lowest BCUT2D eigenvalue weighted by Gasteiger charge is -2.26. The van der Waals surface area contributed by atoms with Crippen molar-refractivity contribution in [3.63, 3.8) is 0 Å². The molecule has 0 aromatic carbocycles. The molecule has 8 heteroatoms. The van der Waals surface area contributed by atoms with Crippen LogP contribution in [0.2, 0.25) is 0 Å².